The number of hydrogen-bond donors (Lipinski definition) is 0. The molecule has 0 radical (unpaired) electrons. The number of rotatable bonds is 5. The van der Waals surface area contributed by atoms with Gasteiger partial charge in [-0.2, -0.15) is 0 Å². The van der Waals surface area contributed by atoms with Crippen LogP contribution in [-0.2, 0) is 6.54 Å². The summed E-state index contributed by atoms with van der Waals surface area (Å²) in [6.45, 7) is 3.03. The first-order chi connectivity index (χ1) is 14.5. The second-order valence-corrected chi connectivity index (χ2v) is 7.99. The van der Waals surface area contributed by atoms with Gasteiger partial charge in [-0.15, -0.1) is 23.7 Å². The van der Waals surface area contributed by atoms with Crippen LogP contribution in [0.15, 0.2) is 47.8 Å². The third-order valence-corrected chi connectivity index (χ3v) is 5.95. The number of hydrogen-bond acceptors (Lipinski definition) is 5. The molecule has 2 heterocycles. The summed E-state index contributed by atoms with van der Waals surface area (Å²) in [7, 11) is 1.64. The van der Waals surface area contributed by atoms with Crippen molar-refractivity contribution in [2.75, 3.05) is 33.3 Å². The van der Waals surface area contributed by atoms with E-state index in [1.807, 2.05) is 29.6 Å². The minimum Gasteiger partial charge on any atom is -0.497 e. The summed E-state index contributed by atoms with van der Waals surface area (Å²) in [6, 6.07) is 10.8. The molecule has 0 bridgehead atoms. The van der Waals surface area contributed by atoms with Crippen molar-refractivity contribution in [3.8, 4) is 17.0 Å². The molecule has 3 aromatic rings. The van der Waals surface area contributed by atoms with Crippen LogP contribution in [0.25, 0.3) is 11.3 Å². The van der Waals surface area contributed by atoms with E-state index in [4.69, 9.17) is 9.72 Å². The van der Waals surface area contributed by atoms with Crippen molar-refractivity contribution < 1.29 is 18.3 Å². The lowest BCUT2D eigenvalue weighted by Crippen LogP contribution is -2.48. The van der Waals surface area contributed by atoms with Crippen LogP contribution in [-0.4, -0.2) is 54.0 Å². The predicted molar refractivity (Wildman–Crippen MR) is 119 cm³/mol. The third-order valence-electron chi connectivity index (χ3n) is 5.12. The quantitative estimate of drug-likeness (QED) is 0.557. The van der Waals surface area contributed by atoms with Crippen LogP contribution < -0.4 is 4.74 Å². The zero-order valence-electron chi connectivity index (χ0n) is 16.9. The Morgan fingerprint density at radius 1 is 1.10 bits per heavy atom. The van der Waals surface area contributed by atoms with Crippen LogP contribution in [0.3, 0.4) is 0 Å². The molecule has 1 amide bonds. The zero-order chi connectivity index (χ0) is 21.1. The summed E-state index contributed by atoms with van der Waals surface area (Å²) in [6.07, 6.45) is 0. The number of ether oxygens (including phenoxy) is 1. The van der Waals surface area contributed by atoms with E-state index in [-0.39, 0.29) is 18.0 Å². The van der Waals surface area contributed by atoms with E-state index in [0.717, 1.165) is 34.1 Å². The number of thiazole rings is 1. The van der Waals surface area contributed by atoms with Gasteiger partial charge in [0, 0.05) is 43.2 Å². The van der Waals surface area contributed by atoms with Crippen molar-refractivity contribution in [3.05, 3.63) is 70.1 Å². The molecule has 2 aromatic carbocycles. The molecule has 0 spiro atoms. The van der Waals surface area contributed by atoms with E-state index >= 15 is 0 Å². The fourth-order valence-electron chi connectivity index (χ4n) is 3.41. The highest BCUT2D eigenvalue weighted by Crippen LogP contribution is 2.25. The second kappa shape index (κ2) is 10.2. The Bertz CT molecular complexity index is 1040. The number of carbonyl (C=O) groups is 1. The van der Waals surface area contributed by atoms with Crippen LogP contribution >= 0.6 is 23.7 Å². The highest BCUT2D eigenvalue weighted by molar-refractivity contribution is 7.09. The number of carbonyl (C=O) groups excluding carboxylic acids is 1. The first-order valence-corrected chi connectivity index (χ1v) is 10.5. The summed E-state index contributed by atoms with van der Waals surface area (Å²) in [5, 5.41) is 3.04. The zero-order valence-corrected chi connectivity index (χ0v) is 18.5. The van der Waals surface area contributed by atoms with Crippen LogP contribution in [0.1, 0.15) is 15.4 Å². The van der Waals surface area contributed by atoms with E-state index in [2.05, 4.69) is 4.90 Å². The van der Waals surface area contributed by atoms with Crippen molar-refractivity contribution >= 4 is 29.7 Å². The van der Waals surface area contributed by atoms with E-state index in [0.29, 0.717) is 32.7 Å². The molecule has 1 fully saturated rings. The van der Waals surface area contributed by atoms with Crippen molar-refractivity contribution in [1.29, 1.82) is 0 Å². The van der Waals surface area contributed by atoms with Gasteiger partial charge in [-0.05, 0) is 36.4 Å². The monoisotopic (exact) mass is 465 g/mol. The molecule has 1 aromatic heterocycles. The molecule has 0 atom stereocenters. The maximum atomic E-state index is 13.9. The number of benzene rings is 2. The Morgan fingerprint density at radius 2 is 1.81 bits per heavy atom. The average molecular weight is 466 g/mol. The van der Waals surface area contributed by atoms with Crippen molar-refractivity contribution in [2.45, 2.75) is 6.54 Å². The fraction of sp³-hybridized carbons (Fsp3) is 0.273. The molecule has 5 nitrogen and oxygen atoms in total. The van der Waals surface area contributed by atoms with E-state index in [9.17, 15) is 13.6 Å². The summed E-state index contributed by atoms with van der Waals surface area (Å²) < 4.78 is 32.2. The number of methoxy groups -OCH3 is 1. The van der Waals surface area contributed by atoms with Crippen molar-refractivity contribution in [2.24, 2.45) is 0 Å². The third kappa shape index (κ3) is 5.39. The van der Waals surface area contributed by atoms with Gasteiger partial charge in [0.05, 0.1) is 24.9 Å². The van der Waals surface area contributed by atoms with Crippen molar-refractivity contribution in [3.63, 3.8) is 0 Å². The molecule has 4 rings (SSSR count). The molecule has 0 saturated carbocycles. The molecule has 1 saturated heterocycles. The molecular formula is C22H22ClF2N3O2S. The van der Waals surface area contributed by atoms with Crippen LogP contribution in [0.2, 0.25) is 0 Å². The first-order valence-electron chi connectivity index (χ1n) is 9.59. The van der Waals surface area contributed by atoms with Gasteiger partial charge in [-0.1, -0.05) is 0 Å². The first kappa shape index (κ1) is 23.1. The van der Waals surface area contributed by atoms with Gasteiger partial charge < -0.3 is 9.64 Å². The van der Waals surface area contributed by atoms with Gasteiger partial charge in [-0.25, -0.2) is 13.8 Å². The highest BCUT2D eigenvalue weighted by atomic mass is 35.5. The number of halogens is 3. The number of piperazine rings is 1. The molecule has 1 aliphatic heterocycles. The van der Waals surface area contributed by atoms with E-state index < -0.39 is 17.5 Å². The minimum atomic E-state index is -0.823. The van der Waals surface area contributed by atoms with Gasteiger partial charge in [0.1, 0.15) is 22.4 Å². The predicted octanol–water partition coefficient (Wildman–Crippen LogP) is 4.48. The Balaban J connectivity index is 0.00000272. The largest absolute Gasteiger partial charge is 0.497 e. The van der Waals surface area contributed by atoms with Crippen LogP contribution in [0.5, 0.6) is 5.75 Å². The molecular weight excluding hydrogens is 444 g/mol. The maximum absolute atomic E-state index is 13.9. The Hall–Kier alpha value is -2.55. The van der Waals surface area contributed by atoms with E-state index in [1.54, 1.807) is 23.3 Å². The lowest BCUT2D eigenvalue weighted by atomic mass is 10.1. The Morgan fingerprint density at radius 3 is 2.45 bits per heavy atom. The Labute approximate surface area is 189 Å². The number of nitrogens with zero attached hydrogens (tertiary/aromatic N) is 3. The summed E-state index contributed by atoms with van der Waals surface area (Å²) >= 11 is 1.61. The van der Waals surface area contributed by atoms with E-state index in [1.165, 1.54) is 6.07 Å². The minimum absolute atomic E-state index is 0. The fourth-order valence-corrected chi connectivity index (χ4v) is 4.26. The lowest BCUT2D eigenvalue weighted by molar-refractivity contribution is 0.0624. The van der Waals surface area contributed by atoms with Gasteiger partial charge in [0.15, 0.2) is 0 Å². The SMILES string of the molecule is COc1ccc(-c2csc(CN3CCN(C(=O)c4ccc(F)cc4F)CC3)n2)cc1.Cl. The highest BCUT2D eigenvalue weighted by Gasteiger charge is 2.24. The number of amides is 1. The van der Waals surface area contributed by atoms with Crippen molar-refractivity contribution in [1.82, 2.24) is 14.8 Å². The van der Waals surface area contributed by atoms with Gasteiger partial charge >= 0.3 is 0 Å². The summed E-state index contributed by atoms with van der Waals surface area (Å²) in [4.78, 5) is 21.1. The standard InChI is InChI=1S/C22H21F2N3O2S.ClH/c1-29-17-5-2-15(3-6-17)20-14-30-21(25-20)13-26-8-10-27(11-9-26)22(28)18-7-4-16(23)12-19(18)24;/h2-7,12,14H,8-11,13H2,1H3;1H. The van der Waals surface area contributed by atoms with Crippen LogP contribution in [0, 0.1) is 11.6 Å². The second-order valence-electron chi connectivity index (χ2n) is 7.05. The molecule has 0 aliphatic carbocycles. The van der Waals surface area contributed by atoms with Gasteiger partial charge in [0.25, 0.3) is 5.91 Å². The molecule has 0 unspecified atom stereocenters. The lowest BCUT2D eigenvalue weighted by Gasteiger charge is -2.34. The summed E-state index contributed by atoms with van der Waals surface area (Å²) in [5.41, 5.74) is 1.88. The molecule has 31 heavy (non-hydrogen) atoms. The normalized spacial score (nSPS) is 14.2. The summed E-state index contributed by atoms with van der Waals surface area (Å²) in [5.74, 6) is -1.10. The van der Waals surface area contributed by atoms with Gasteiger partial charge in [0.2, 0.25) is 0 Å². The molecule has 1 aliphatic rings. The maximum Gasteiger partial charge on any atom is 0.256 e. The topological polar surface area (TPSA) is 45.7 Å². The number of aromatic nitrogens is 1. The average Bonchev–Trinajstić information content (AvgIpc) is 3.22. The molecule has 0 N–H and O–H groups in total. The van der Waals surface area contributed by atoms with Crippen LogP contribution in [0.4, 0.5) is 8.78 Å². The smallest absolute Gasteiger partial charge is 0.256 e. The van der Waals surface area contributed by atoms with Gasteiger partial charge in [-0.3, -0.25) is 9.69 Å². The molecule has 164 valence electrons. The molecule has 9 heteroatoms. The Kier molecular flexibility index (Phi) is 7.59.